The van der Waals surface area contributed by atoms with Crippen LogP contribution in [0.2, 0.25) is 0 Å². The Bertz CT molecular complexity index is 662. The zero-order valence-electron chi connectivity index (χ0n) is 13.9. The van der Waals surface area contributed by atoms with E-state index in [2.05, 4.69) is 10.6 Å². The normalized spacial score (nSPS) is 12.9. The van der Waals surface area contributed by atoms with E-state index in [0.717, 1.165) is 10.5 Å². The zero-order chi connectivity index (χ0) is 17.4. The van der Waals surface area contributed by atoms with E-state index in [4.69, 9.17) is 0 Å². The number of thioether (sulfide) groups is 1. The molecule has 0 fully saturated rings. The van der Waals surface area contributed by atoms with Crippen molar-refractivity contribution in [3.05, 3.63) is 66.2 Å². The molecule has 2 atom stereocenters. The minimum atomic E-state index is -0.569. The molecule has 0 saturated heterocycles. The first kappa shape index (κ1) is 18.1. The number of benzene rings is 2. The second-order valence-electron chi connectivity index (χ2n) is 5.35. The minimum absolute atomic E-state index is 0.172. The zero-order valence-corrected chi connectivity index (χ0v) is 14.7. The second kappa shape index (κ2) is 9.13. The van der Waals surface area contributed by atoms with Gasteiger partial charge in [0.2, 0.25) is 11.8 Å². The molecule has 2 N–H and O–H groups in total. The molecule has 126 valence electrons. The average molecular weight is 342 g/mol. The highest BCUT2D eigenvalue weighted by Gasteiger charge is 2.25. The Hall–Kier alpha value is -2.27. The lowest BCUT2D eigenvalue weighted by Gasteiger charge is -2.20. The van der Waals surface area contributed by atoms with E-state index in [1.807, 2.05) is 67.6 Å². The Balaban J connectivity index is 2.16. The van der Waals surface area contributed by atoms with Crippen LogP contribution < -0.4 is 10.6 Å². The molecule has 0 aliphatic heterocycles. The van der Waals surface area contributed by atoms with Crippen LogP contribution in [0.15, 0.2) is 65.6 Å². The number of nitrogens with one attached hydrogen (secondary N) is 2. The van der Waals surface area contributed by atoms with E-state index < -0.39 is 11.3 Å². The predicted octanol–water partition coefficient (Wildman–Crippen LogP) is 3.16. The highest BCUT2D eigenvalue weighted by molar-refractivity contribution is 8.00. The summed E-state index contributed by atoms with van der Waals surface area (Å²) in [6, 6.07) is 18.8. The molecule has 2 rings (SSSR count). The molecule has 2 aromatic carbocycles. The Morgan fingerprint density at radius 1 is 0.958 bits per heavy atom. The number of carbonyl (C=O) groups is 2. The van der Waals surface area contributed by atoms with Crippen molar-refractivity contribution < 1.29 is 9.59 Å². The number of likely N-dealkylation sites (N-methyl/N-ethyl adjacent to an activating group) is 1. The van der Waals surface area contributed by atoms with Gasteiger partial charge in [-0.05, 0) is 31.5 Å². The molecule has 24 heavy (non-hydrogen) atoms. The third-order valence-electron chi connectivity index (χ3n) is 3.44. The summed E-state index contributed by atoms with van der Waals surface area (Å²) in [7, 11) is 0. The summed E-state index contributed by atoms with van der Waals surface area (Å²) < 4.78 is 0. The second-order valence-corrected chi connectivity index (χ2v) is 6.52. The fourth-order valence-electron chi connectivity index (χ4n) is 2.22. The molecule has 0 aromatic heterocycles. The van der Waals surface area contributed by atoms with Crippen LogP contribution in [-0.4, -0.2) is 24.4 Å². The summed E-state index contributed by atoms with van der Waals surface area (Å²) in [5.74, 6) is -0.351. The van der Waals surface area contributed by atoms with Crippen LogP contribution in [0.1, 0.15) is 24.7 Å². The summed E-state index contributed by atoms with van der Waals surface area (Å²) in [6.45, 7) is 4.09. The van der Waals surface area contributed by atoms with Crippen molar-refractivity contribution in [3.63, 3.8) is 0 Å². The van der Waals surface area contributed by atoms with Crippen molar-refractivity contribution in [3.8, 4) is 0 Å². The molecule has 2 aromatic rings. The van der Waals surface area contributed by atoms with Crippen molar-refractivity contribution in [1.29, 1.82) is 0 Å². The van der Waals surface area contributed by atoms with Crippen molar-refractivity contribution in [2.75, 3.05) is 6.54 Å². The van der Waals surface area contributed by atoms with Crippen molar-refractivity contribution in [2.24, 2.45) is 0 Å². The summed E-state index contributed by atoms with van der Waals surface area (Å²) in [6.07, 6.45) is 0. The third-order valence-corrected chi connectivity index (χ3v) is 4.71. The Kier molecular flexibility index (Phi) is 6.88. The molecule has 0 unspecified atom stereocenters. The summed E-state index contributed by atoms with van der Waals surface area (Å²) in [5.41, 5.74) is 0.909. The van der Waals surface area contributed by atoms with Crippen LogP contribution in [0.3, 0.4) is 0 Å². The quantitative estimate of drug-likeness (QED) is 0.760. The first-order valence-corrected chi connectivity index (χ1v) is 8.84. The Morgan fingerprint density at radius 3 is 2.12 bits per heavy atom. The fourth-order valence-corrected chi connectivity index (χ4v) is 3.27. The number of carbonyl (C=O) groups excluding carboxylic acids is 2. The third kappa shape index (κ3) is 5.13. The monoisotopic (exact) mass is 342 g/mol. The highest BCUT2D eigenvalue weighted by Crippen LogP contribution is 2.35. The molecule has 0 saturated carbocycles. The predicted molar refractivity (Wildman–Crippen MR) is 97.8 cm³/mol. The van der Waals surface area contributed by atoms with Gasteiger partial charge in [0.1, 0.15) is 11.3 Å². The van der Waals surface area contributed by atoms with Gasteiger partial charge in [0.05, 0.1) is 0 Å². The van der Waals surface area contributed by atoms with Gasteiger partial charge < -0.3 is 10.6 Å². The van der Waals surface area contributed by atoms with E-state index in [1.165, 1.54) is 11.8 Å². The van der Waals surface area contributed by atoms with Gasteiger partial charge in [-0.3, -0.25) is 9.59 Å². The van der Waals surface area contributed by atoms with Gasteiger partial charge >= 0.3 is 0 Å². The molecular weight excluding hydrogens is 320 g/mol. The van der Waals surface area contributed by atoms with E-state index in [1.54, 1.807) is 6.92 Å². The first-order chi connectivity index (χ1) is 11.6. The Labute approximate surface area is 147 Å². The van der Waals surface area contributed by atoms with Gasteiger partial charge in [0, 0.05) is 11.4 Å². The smallest absolute Gasteiger partial charge is 0.242 e. The van der Waals surface area contributed by atoms with E-state index in [9.17, 15) is 9.59 Å². The van der Waals surface area contributed by atoms with Gasteiger partial charge in [-0.15, -0.1) is 11.8 Å². The van der Waals surface area contributed by atoms with Gasteiger partial charge in [0.15, 0.2) is 0 Å². The molecule has 0 radical (unpaired) electrons. The number of amides is 2. The highest BCUT2D eigenvalue weighted by atomic mass is 32.2. The van der Waals surface area contributed by atoms with Crippen LogP contribution in [-0.2, 0) is 9.59 Å². The topological polar surface area (TPSA) is 58.2 Å². The molecule has 4 nitrogen and oxygen atoms in total. The molecule has 5 heteroatoms. The lowest BCUT2D eigenvalue weighted by Crippen LogP contribution is -2.45. The van der Waals surface area contributed by atoms with Gasteiger partial charge in [-0.25, -0.2) is 0 Å². The van der Waals surface area contributed by atoms with E-state index in [-0.39, 0.29) is 11.8 Å². The van der Waals surface area contributed by atoms with Crippen molar-refractivity contribution in [2.45, 2.75) is 30.0 Å². The lowest BCUT2D eigenvalue weighted by atomic mass is 10.1. The van der Waals surface area contributed by atoms with Gasteiger partial charge in [-0.2, -0.15) is 0 Å². The summed E-state index contributed by atoms with van der Waals surface area (Å²) in [5, 5.41) is 5.12. The maximum atomic E-state index is 12.8. The van der Waals surface area contributed by atoms with Gasteiger partial charge in [0.25, 0.3) is 0 Å². The maximum absolute atomic E-state index is 12.8. The van der Waals surface area contributed by atoms with Crippen LogP contribution in [0.25, 0.3) is 0 Å². The fraction of sp³-hybridized carbons (Fsp3) is 0.263. The van der Waals surface area contributed by atoms with E-state index in [0.29, 0.717) is 6.54 Å². The first-order valence-electron chi connectivity index (χ1n) is 7.96. The Morgan fingerprint density at radius 2 is 1.54 bits per heavy atom. The summed E-state index contributed by atoms with van der Waals surface area (Å²) in [4.78, 5) is 25.6. The minimum Gasteiger partial charge on any atom is -0.355 e. The SMILES string of the molecule is CCNC(=O)[C@@H](C)NC(=O)[C@@H](Sc1ccccc1)c1ccccc1. The molecule has 0 spiro atoms. The number of rotatable bonds is 7. The van der Waals surface area contributed by atoms with Crippen LogP contribution in [0.5, 0.6) is 0 Å². The van der Waals surface area contributed by atoms with Crippen molar-refractivity contribution in [1.82, 2.24) is 10.6 Å². The molecule has 0 bridgehead atoms. The van der Waals surface area contributed by atoms with Crippen LogP contribution in [0.4, 0.5) is 0 Å². The van der Waals surface area contributed by atoms with Crippen LogP contribution in [0, 0.1) is 0 Å². The van der Waals surface area contributed by atoms with Gasteiger partial charge in [-0.1, -0.05) is 48.5 Å². The number of hydrogen-bond acceptors (Lipinski definition) is 3. The molecule has 0 aliphatic carbocycles. The lowest BCUT2D eigenvalue weighted by molar-refractivity contribution is -0.128. The van der Waals surface area contributed by atoms with E-state index >= 15 is 0 Å². The molecule has 0 heterocycles. The largest absolute Gasteiger partial charge is 0.355 e. The molecule has 2 amide bonds. The van der Waals surface area contributed by atoms with Crippen LogP contribution >= 0.6 is 11.8 Å². The standard InChI is InChI=1S/C19H22N2O2S/c1-3-20-18(22)14(2)21-19(23)17(15-10-6-4-7-11-15)24-16-12-8-5-9-13-16/h4-14,17H,3H2,1-2H3,(H,20,22)(H,21,23)/t14-,17+/m1/s1. The summed E-state index contributed by atoms with van der Waals surface area (Å²) >= 11 is 1.47. The molecular formula is C19H22N2O2S. The molecule has 0 aliphatic rings. The number of hydrogen-bond donors (Lipinski definition) is 2. The average Bonchev–Trinajstić information content (AvgIpc) is 2.61. The van der Waals surface area contributed by atoms with Crippen molar-refractivity contribution >= 4 is 23.6 Å². The maximum Gasteiger partial charge on any atom is 0.242 e.